The molecule has 0 radical (unpaired) electrons. The summed E-state index contributed by atoms with van der Waals surface area (Å²) in [6.07, 6.45) is 0. The van der Waals surface area contributed by atoms with Gasteiger partial charge in [0.05, 0.1) is 28.1 Å². The van der Waals surface area contributed by atoms with Crippen LogP contribution in [0.2, 0.25) is 0 Å². The first-order valence-corrected chi connectivity index (χ1v) is 47.6. The monoisotopic (exact) mass is 1790 g/mol. The molecule has 0 saturated heterocycles. The fourth-order valence-corrected chi connectivity index (χ4v) is 21.0. The molecule has 0 N–H and O–H groups in total. The number of aromatic nitrogens is 1. The van der Waals surface area contributed by atoms with Gasteiger partial charge in [0.1, 0.15) is 0 Å². The van der Waals surface area contributed by atoms with Gasteiger partial charge in [0.25, 0.3) is 0 Å². The van der Waals surface area contributed by atoms with Gasteiger partial charge >= 0.3 is 0 Å². The van der Waals surface area contributed by atoms with E-state index in [9.17, 15) is 0 Å². The zero-order chi connectivity index (χ0) is 92.8. The Hall–Kier alpha value is -16.9. The van der Waals surface area contributed by atoms with Gasteiger partial charge in [0.15, 0.2) is 0 Å². The molecule has 23 aromatic rings. The number of para-hydroxylation sites is 3. The molecule has 0 fully saturated rings. The van der Waals surface area contributed by atoms with E-state index in [1.807, 2.05) is 0 Å². The fourth-order valence-electron chi connectivity index (χ4n) is 21.0. The van der Waals surface area contributed by atoms with E-state index >= 15 is 0 Å². The fraction of sp³-hybridized carbons (Fsp3) is 0.0896. The van der Waals surface area contributed by atoms with Gasteiger partial charge in [-0.3, -0.25) is 0 Å². The van der Waals surface area contributed by atoms with Gasteiger partial charge in [-0.15, -0.1) is 0 Å². The highest BCUT2D eigenvalue weighted by molar-refractivity contribution is 6.17. The van der Waals surface area contributed by atoms with E-state index in [4.69, 9.17) is 0 Å². The maximum atomic E-state index is 2.40. The number of hydrogen-bond acceptors (Lipinski definition) is 4. The van der Waals surface area contributed by atoms with Crippen molar-refractivity contribution >= 4 is 138 Å². The van der Waals surface area contributed by atoms with Crippen molar-refractivity contribution < 1.29 is 0 Å². The number of anilines is 11. The summed E-state index contributed by atoms with van der Waals surface area (Å²) in [5.41, 5.74) is 36.2. The van der Waals surface area contributed by atoms with Crippen LogP contribution in [0.5, 0.6) is 0 Å². The zero-order valence-corrected chi connectivity index (χ0v) is 78.5. The number of hydrogen-bond donors (Lipinski definition) is 0. The molecular weight excluding hydrogens is 1680 g/mol. The molecule has 1 aromatic heterocycles. The Balaban J connectivity index is 0.000000115. The standard InChI is InChI=1S/C40H32N2.C33H25N.C32H27N.C27H21N.2CH4/c1-40(2)36-15-9-7-13-32(36)33-23-22-31(26-37(33)40)41(3)29-20-17-27(18-21-29)28-19-24-39-35(25-28)34-14-8-10-16-38(34)42(39)30-11-5-4-6-12-30;1-24-15-19-28(20-16-24)34(29-21-17-26(18-22-29)25-9-3-2-4-10-25)33-23-27-11-5-6-12-30(27)31-13-7-8-14-32(31)33;1-22-15-17-24(18-16-22)33(31-14-8-10-23-9-4-5-11-26(23)31)25-19-20-28-27-12-6-7-13-29(27)32(2,3)30(28)21-25;1-20-15-17-23(18-16-20)28(22-10-3-2-4-11-22)27-19-21-9-5-6-12-24(21)25-13-7-8-14-26(25)27;;/h4-26H,1-3H3;2-23H,1H3;4-21H,1-3H3;2-19H,1H3;2*1H4. The number of nitrogens with zero attached hydrogens (tertiary/aromatic N) is 5. The van der Waals surface area contributed by atoms with Crippen molar-refractivity contribution in [3.8, 4) is 50.2 Å². The van der Waals surface area contributed by atoms with Gasteiger partial charge in [0.2, 0.25) is 0 Å². The van der Waals surface area contributed by atoms with Crippen LogP contribution >= 0.6 is 0 Å². The predicted octanol–water partition coefficient (Wildman–Crippen LogP) is 37.9. The van der Waals surface area contributed by atoms with Gasteiger partial charge < -0.3 is 24.2 Å². The highest BCUT2D eigenvalue weighted by Crippen LogP contribution is 2.54. The maximum Gasteiger partial charge on any atom is 0.0546 e. The zero-order valence-electron chi connectivity index (χ0n) is 78.5. The second kappa shape index (κ2) is 38.1. The van der Waals surface area contributed by atoms with E-state index in [1.54, 1.807) is 0 Å². The highest BCUT2D eigenvalue weighted by atomic mass is 15.2. The van der Waals surface area contributed by atoms with Crippen molar-refractivity contribution in [2.45, 2.75) is 74.1 Å². The summed E-state index contributed by atoms with van der Waals surface area (Å²) in [5, 5.41) is 15.2. The lowest BCUT2D eigenvalue weighted by molar-refractivity contribution is 0.660. The van der Waals surface area contributed by atoms with E-state index in [-0.39, 0.29) is 25.7 Å². The second-order valence-corrected chi connectivity index (χ2v) is 37.4. The molecule has 0 aliphatic heterocycles. The first-order valence-electron chi connectivity index (χ1n) is 47.6. The van der Waals surface area contributed by atoms with Crippen LogP contribution in [-0.4, -0.2) is 11.6 Å². The van der Waals surface area contributed by atoms with Crippen molar-refractivity contribution in [1.29, 1.82) is 0 Å². The largest absolute Gasteiger partial charge is 0.345 e. The van der Waals surface area contributed by atoms with Crippen LogP contribution in [0.4, 0.5) is 62.6 Å². The molecule has 5 heteroatoms. The summed E-state index contributed by atoms with van der Waals surface area (Å²) in [6, 6.07) is 178. The number of aryl methyl sites for hydroxylation is 3. The van der Waals surface area contributed by atoms with E-state index < -0.39 is 0 Å². The second-order valence-electron chi connectivity index (χ2n) is 37.4. The van der Waals surface area contributed by atoms with E-state index in [0.717, 1.165) is 22.7 Å². The number of benzene rings is 22. The van der Waals surface area contributed by atoms with Crippen LogP contribution in [-0.2, 0) is 10.8 Å². The lowest BCUT2D eigenvalue weighted by Gasteiger charge is -2.29. The van der Waals surface area contributed by atoms with Crippen molar-refractivity contribution in [3.63, 3.8) is 0 Å². The van der Waals surface area contributed by atoms with Crippen molar-refractivity contribution in [1.82, 2.24) is 4.57 Å². The lowest BCUT2D eigenvalue weighted by atomic mass is 9.82. The number of fused-ring (bicyclic) bond motifs is 16. The van der Waals surface area contributed by atoms with Crippen LogP contribution in [0.1, 0.15) is 81.5 Å². The SMILES string of the molecule is C.C.CN(c1ccc(-c2ccc3c(c2)c2ccccc2n3-c2ccccc2)cc1)c1ccc2c(c1)C(C)(C)c1ccccc1-2.Cc1ccc(N(c2ccc(-c3ccccc3)cc2)c2cc3ccccc3c3ccccc23)cc1.Cc1ccc(N(c2ccc3c(c2)C(C)(C)c2ccccc2-3)c2cccc3ccccc23)cc1.Cc1ccc(N(c2ccccc2)c2cc3ccccc3c3ccccc23)cc1. The lowest BCUT2D eigenvalue weighted by Crippen LogP contribution is -2.16. The van der Waals surface area contributed by atoms with Crippen LogP contribution in [0.25, 0.3) is 126 Å². The Kier molecular flexibility index (Phi) is 24.7. The van der Waals surface area contributed by atoms with Crippen molar-refractivity contribution in [2.24, 2.45) is 0 Å². The average molecular weight is 1790 g/mol. The predicted molar refractivity (Wildman–Crippen MR) is 600 cm³/mol. The Morgan fingerprint density at radius 3 is 1.04 bits per heavy atom. The van der Waals surface area contributed by atoms with Crippen LogP contribution in [0, 0.1) is 20.8 Å². The molecule has 674 valence electrons. The van der Waals surface area contributed by atoms with Gasteiger partial charge in [-0.25, -0.2) is 0 Å². The molecule has 0 saturated carbocycles. The summed E-state index contributed by atoms with van der Waals surface area (Å²) >= 11 is 0. The molecule has 0 unspecified atom stereocenters. The third-order valence-electron chi connectivity index (χ3n) is 28.2. The molecule has 0 amide bonds. The number of rotatable bonds is 14. The maximum absolute atomic E-state index is 2.40. The molecular formula is C134H113N5. The summed E-state index contributed by atoms with van der Waals surface area (Å²) in [5.74, 6) is 0. The molecule has 0 bridgehead atoms. The molecule has 5 nitrogen and oxygen atoms in total. The minimum Gasteiger partial charge on any atom is -0.345 e. The van der Waals surface area contributed by atoms with Crippen LogP contribution in [0.3, 0.4) is 0 Å². The summed E-state index contributed by atoms with van der Waals surface area (Å²) in [4.78, 5) is 9.43. The molecule has 1 heterocycles. The van der Waals surface area contributed by atoms with Crippen LogP contribution < -0.4 is 19.6 Å². The minimum atomic E-state index is -0.0281. The summed E-state index contributed by atoms with van der Waals surface area (Å²) < 4.78 is 2.36. The van der Waals surface area contributed by atoms with Crippen LogP contribution in [0.15, 0.2) is 491 Å². The van der Waals surface area contributed by atoms with E-state index in [1.165, 1.54) is 205 Å². The van der Waals surface area contributed by atoms with Crippen molar-refractivity contribution in [3.05, 3.63) is 530 Å². The molecule has 2 aliphatic carbocycles. The molecule has 0 spiro atoms. The molecule has 25 rings (SSSR count). The Labute approximate surface area is 818 Å². The van der Waals surface area contributed by atoms with Gasteiger partial charge in [-0.05, 0) is 271 Å². The van der Waals surface area contributed by atoms with Gasteiger partial charge in [-0.1, -0.05) is 405 Å². The molecule has 139 heavy (non-hydrogen) atoms. The van der Waals surface area contributed by atoms with Crippen molar-refractivity contribution in [2.75, 3.05) is 26.6 Å². The van der Waals surface area contributed by atoms with E-state index in [0.29, 0.717) is 0 Å². The smallest absolute Gasteiger partial charge is 0.0546 e. The quantitative estimate of drug-likeness (QED) is 0.101. The Bertz CT molecular complexity index is 8400. The average Bonchev–Trinajstić information content (AvgIpc) is 1.60. The van der Waals surface area contributed by atoms with Gasteiger partial charge in [-0.2, -0.15) is 0 Å². The first-order chi connectivity index (χ1) is 67.1. The Morgan fingerprint density at radius 1 is 0.194 bits per heavy atom. The van der Waals surface area contributed by atoms with E-state index in [2.05, 4.69) is 571 Å². The molecule has 22 aromatic carbocycles. The molecule has 0 atom stereocenters. The Morgan fingerprint density at radius 2 is 0.525 bits per heavy atom. The highest BCUT2D eigenvalue weighted by Gasteiger charge is 2.38. The van der Waals surface area contributed by atoms with Gasteiger partial charge in [0, 0.05) is 96.0 Å². The summed E-state index contributed by atoms with van der Waals surface area (Å²) in [7, 11) is 2.16. The third kappa shape index (κ3) is 17.0. The normalized spacial score (nSPS) is 12.2. The topological polar surface area (TPSA) is 17.9 Å². The first kappa shape index (κ1) is 90.0. The third-order valence-corrected chi connectivity index (χ3v) is 28.2. The minimum absolute atomic E-state index is 0. The molecule has 2 aliphatic rings. The summed E-state index contributed by atoms with van der Waals surface area (Å²) in [6.45, 7) is 15.8.